The number of anilines is 1. The van der Waals surface area contributed by atoms with E-state index < -0.39 is 0 Å². The fraction of sp³-hybridized carbons (Fsp3) is 0.333. The van der Waals surface area contributed by atoms with Crippen LogP contribution in [0.5, 0.6) is 0 Å². The van der Waals surface area contributed by atoms with Crippen molar-refractivity contribution in [2.45, 2.75) is 12.8 Å². The van der Waals surface area contributed by atoms with Crippen LogP contribution in [0.4, 0.5) is 5.82 Å². The Morgan fingerprint density at radius 3 is 2.95 bits per heavy atom. The van der Waals surface area contributed by atoms with Gasteiger partial charge in [-0.15, -0.1) is 0 Å². The molecule has 0 saturated heterocycles. The Labute approximate surface area is 113 Å². The summed E-state index contributed by atoms with van der Waals surface area (Å²) >= 11 is 0. The summed E-state index contributed by atoms with van der Waals surface area (Å²) < 4.78 is 0. The summed E-state index contributed by atoms with van der Waals surface area (Å²) in [6.45, 7) is 3.02. The average molecular weight is 254 g/mol. The van der Waals surface area contributed by atoms with Crippen molar-refractivity contribution in [2.24, 2.45) is 0 Å². The molecule has 2 aromatic rings. The quantitative estimate of drug-likeness (QED) is 0.822. The highest BCUT2D eigenvalue weighted by molar-refractivity contribution is 5.75. The second kappa shape index (κ2) is 5.80. The summed E-state index contributed by atoms with van der Waals surface area (Å²) in [6.07, 6.45) is 6.33. The van der Waals surface area contributed by atoms with Crippen LogP contribution in [-0.2, 0) is 0 Å². The Bertz CT molecular complexity index is 591. The van der Waals surface area contributed by atoms with Gasteiger partial charge >= 0.3 is 0 Å². The lowest BCUT2D eigenvalue weighted by Crippen LogP contribution is -2.21. The van der Waals surface area contributed by atoms with E-state index >= 15 is 0 Å². The van der Waals surface area contributed by atoms with Crippen molar-refractivity contribution in [3.05, 3.63) is 42.1 Å². The summed E-state index contributed by atoms with van der Waals surface area (Å²) in [5, 5.41) is 6.67. The molecule has 2 N–H and O–H groups in total. The van der Waals surface area contributed by atoms with Crippen molar-refractivity contribution < 1.29 is 0 Å². The van der Waals surface area contributed by atoms with E-state index in [2.05, 4.69) is 26.7 Å². The minimum atomic E-state index is 0.855. The van der Waals surface area contributed by atoms with Crippen LogP contribution in [0.3, 0.4) is 0 Å². The Morgan fingerprint density at radius 1 is 1.21 bits per heavy atom. The molecule has 0 unspecified atom stereocenters. The van der Waals surface area contributed by atoms with Gasteiger partial charge in [0.1, 0.15) is 5.82 Å². The average Bonchev–Trinajstić information content (AvgIpc) is 2.48. The zero-order chi connectivity index (χ0) is 12.9. The Morgan fingerprint density at radius 2 is 2.11 bits per heavy atom. The lowest BCUT2D eigenvalue weighted by Gasteiger charge is -2.14. The summed E-state index contributed by atoms with van der Waals surface area (Å²) in [6, 6.07) is 7.93. The zero-order valence-electron chi connectivity index (χ0n) is 10.9. The van der Waals surface area contributed by atoms with Crippen molar-refractivity contribution >= 4 is 16.9 Å². The Hall–Kier alpha value is -1.94. The van der Waals surface area contributed by atoms with Crippen LogP contribution in [0, 0.1) is 0 Å². The Balaban J connectivity index is 1.60. The second-order valence-electron chi connectivity index (χ2n) is 4.74. The lowest BCUT2D eigenvalue weighted by molar-refractivity contribution is 0.683. The molecule has 0 fully saturated rings. The van der Waals surface area contributed by atoms with E-state index in [1.807, 2.05) is 24.3 Å². The number of nitrogens with zero attached hydrogens (tertiary/aromatic N) is 2. The van der Waals surface area contributed by atoms with Crippen LogP contribution in [0.1, 0.15) is 12.8 Å². The molecule has 1 aliphatic heterocycles. The predicted octanol–water partition coefficient (Wildman–Crippen LogP) is 2.35. The van der Waals surface area contributed by atoms with Crippen LogP contribution in [0.15, 0.2) is 42.1 Å². The van der Waals surface area contributed by atoms with E-state index in [0.717, 1.165) is 49.3 Å². The molecule has 98 valence electrons. The molecule has 0 atom stereocenters. The number of hydrogen-bond donors (Lipinski definition) is 2. The third kappa shape index (κ3) is 3.09. The SMILES string of the molecule is C1=C(CCNc2cnc3ccccc3n2)CCNC1. The monoisotopic (exact) mass is 254 g/mol. The number of aromatic nitrogens is 2. The molecule has 2 heterocycles. The third-order valence-corrected chi connectivity index (χ3v) is 3.36. The maximum absolute atomic E-state index is 4.55. The van der Waals surface area contributed by atoms with Gasteiger partial charge in [-0.1, -0.05) is 23.8 Å². The smallest absolute Gasteiger partial charge is 0.145 e. The molecular formula is C15H18N4. The van der Waals surface area contributed by atoms with Crippen LogP contribution < -0.4 is 10.6 Å². The highest BCUT2D eigenvalue weighted by atomic mass is 15.0. The molecule has 0 radical (unpaired) electrons. The largest absolute Gasteiger partial charge is 0.368 e. The second-order valence-corrected chi connectivity index (χ2v) is 4.74. The summed E-state index contributed by atoms with van der Waals surface area (Å²) in [5.74, 6) is 0.855. The molecule has 4 heteroatoms. The zero-order valence-corrected chi connectivity index (χ0v) is 10.9. The first-order chi connectivity index (χ1) is 9.42. The number of nitrogens with one attached hydrogen (secondary N) is 2. The molecule has 1 aromatic heterocycles. The number of benzene rings is 1. The molecule has 19 heavy (non-hydrogen) atoms. The van der Waals surface area contributed by atoms with Gasteiger partial charge in [-0.05, 0) is 31.5 Å². The van der Waals surface area contributed by atoms with Gasteiger partial charge in [0.15, 0.2) is 0 Å². The maximum Gasteiger partial charge on any atom is 0.145 e. The van der Waals surface area contributed by atoms with Gasteiger partial charge in [-0.2, -0.15) is 0 Å². The van der Waals surface area contributed by atoms with Crippen molar-refractivity contribution in [2.75, 3.05) is 25.0 Å². The standard InChI is InChI=1S/C15H18N4/c1-2-4-14-13(3-1)18-11-15(19-14)17-10-7-12-5-8-16-9-6-12/h1-5,11,16H,6-10H2,(H,17,19). The molecule has 1 aliphatic rings. The topological polar surface area (TPSA) is 49.8 Å². The van der Waals surface area contributed by atoms with Crippen LogP contribution in [-0.4, -0.2) is 29.6 Å². The first-order valence-corrected chi connectivity index (χ1v) is 6.76. The van der Waals surface area contributed by atoms with Gasteiger partial charge in [0.05, 0.1) is 17.2 Å². The lowest BCUT2D eigenvalue weighted by atomic mass is 10.1. The first-order valence-electron chi connectivity index (χ1n) is 6.76. The summed E-state index contributed by atoms with van der Waals surface area (Å²) in [7, 11) is 0. The molecule has 0 spiro atoms. The van der Waals surface area contributed by atoms with Crippen molar-refractivity contribution in [3.8, 4) is 0 Å². The van der Waals surface area contributed by atoms with Gasteiger partial charge in [0.25, 0.3) is 0 Å². The normalized spacial score (nSPS) is 15.3. The number of fused-ring (bicyclic) bond motifs is 1. The van der Waals surface area contributed by atoms with Crippen molar-refractivity contribution in [1.82, 2.24) is 15.3 Å². The number of rotatable bonds is 4. The van der Waals surface area contributed by atoms with Crippen molar-refractivity contribution in [3.63, 3.8) is 0 Å². The van der Waals surface area contributed by atoms with E-state index in [0.29, 0.717) is 0 Å². The fourth-order valence-corrected chi connectivity index (χ4v) is 2.29. The molecule has 0 bridgehead atoms. The van der Waals surface area contributed by atoms with E-state index in [1.165, 1.54) is 5.57 Å². The molecule has 3 rings (SSSR count). The predicted molar refractivity (Wildman–Crippen MR) is 78.2 cm³/mol. The maximum atomic E-state index is 4.55. The van der Waals surface area contributed by atoms with Gasteiger partial charge in [-0.3, -0.25) is 4.98 Å². The van der Waals surface area contributed by atoms with Crippen LogP contribution in [0.2, 0.25) is 0 Å². The number of para-hydroxylation sites is 2. The van der Waals surface area contributed by atoms with E-state index in [1.54, 1.807) is 6.20 Å². The summed E-state index contributed by atoms with van der Waals surface area (Å²) in [5.41, 5.74) is 3.41. The van der Waals surface area contributed by atoms with Gasteiger partial charge in [0, 0.05) is 13.1 Å². The molecule has 0 amide bonds. The molecule has 0 saturated carbocycles. The third-order valence-electron chi connectivity index (χ3n) is 3.36. The fourth-order valence-electron chi connectivity index (χ4n) is 2.29. The van der Waals surface area contributed by atoms with E-state index in [4.69, 9.17) is 0 Å². The highest BCUT2D eigenvalue weighted by Crippen LogP contribution is 2.13. The number of hydrogen-bond acceptors (Lipinski definition) is 4. The Kier molecular flexibility index (Phi) is 3.70. The van der Waals surface area contributed by atoms with E-state index in [-0.39, 0.29) is 0 Å². The minimum Gasteiger partial charge on any atom is -0.368 e. The molecule has 1 aromatic carbocycles. The molecular weight excluding hydrogens is 236 g/mol. The minimum absolute atomic E-state index is 0.855. The van der Waals surface area contributed by atoms with Gasteiger partial charge < -0.3 is 10.6 Å². The van der Waals surface area contributed by atoms with Crippen LogP contribution in [0.25, 0.3) is 11.0 Å². The summed E-state index contributed by atoms with van der Waals surface area (Å²) in [4.78, 5) is 8.95. The first kappa shape index (κ1) is 12.1. The van der Waals surface area contributed by atoms with Crippen molar-refractivity contribution in [1.29, 1.82) is 0 Å². The van der Waals surface area contributed by atoms with Gasteiger partial charge in [-0.25, -0.2) is 4.98 Å². The van der Waals surface area contributed by atoms with E-state index in [9.17, 15) is 0 Å². The van der Waals surface area contributed by atoms with Gasteiger partial charge in [0.2, 0.25) is 0 Å². The molecule has 4 nitrogen and oxygen atoms in total. The highest BCUT2D eigenvalue weighted by Gasteiger charge is 2.03. The van der Waals surface area contributed by atoms with Crippen LogP contribution >= 0.6 is 0 Å². The molecule has 0 aliphatic carbocycles.